The van der Waals surface area contributed by atoms with Crippen LogP contribution in [0.4, 0.5) is 14.6 Å². The van der Waals surface area contributed by atoms with Crippen LogP contribution in [0.5, 0.6) is 5.75 Å². The fourth-order valence-electron chi connectivity index (χ4n) is 3.61. The third-order valence-corrected chi connectivity index (χ3v) is 4.74. The van der Waals surface area contributed by atoms with E-state index in [0.717, 1.165) is 5.71 Å². The highest BCUT2D eigenvalue weighted by Crippen LogP contribution is 2.57. The SMILES string of the molecule is CC(C)N=C(C=C(N)c1cnc(N)c(OC(F)F)c1)C1C2CC(=O)CC21. The van der Waals surface area contributed by atoms with Crippen LogP contribution < -0.4 is 16.2 Å². The summed E-state index contributed by atoms with van der Waals surface area (Å²) in [6.45, 7) is 0.931. The van der Waals surface area contributed by atoms with Crippen molar-refractivity contribution in [3.05, 3.63) is 23.9 Å². The number of anilines is 1. The topological polar surface area (TPSA) is 104 Å². The zero-order valence-electron chi connectivity index (χ0n) is 14.7. The number of halogens is 2. The molecule has 2 unspecified atom stereocenters. The number of hydrogen-bond donors (Lipinski definition) is 2. The lowest BCUT2D eigenvalue weighted by atomic mass is 10.0. The lowest BCUT2D eigenvalue weighted by Gasteiger charge is -2.11. The Morgan fingerprint density at radius 2 is 2.04 bits per heavy atom. The molecule has 0 amide bonds. The molecule has 8 heteroatoms. The number of nitrogens with two attached hydrogens (primary N) is 2. The molecule has 2 aliphatic rings. The number of Topliss-reactive ketones (excluding diaryl/α,β-unsaturated/α-hetero) is 1. The molecule has 2 aliphatic carbocycles. The van der Waals surface area contributed by atoms with Crippen LogP contribution in [0.25, 0.3) is 5.70 Å². The lowest BCUT2D eigenvalue weighted by Crippen LogP contribution is -2.12. The monoisotopic (exact) mass is 364 g/mol. The van der Waals surface area contributed by atoms with Crippen molar-refractivity contribution in [2.75, 3.05) is 5.73 Å². The van der Waals surface area contributed by atoms with Gasteiger partial charge < -0.3 is 16.2 Å². The molecule has 0 aromatic carbocycles. The molecule has 1 heterocycles. The number of hydrogen-bond acceptors (Lipinski definition) is 6. The molecule has 3 rings (SSSR count). The molecular formula is C18H22F2N4O2. The second-order valence-electron chi connectivity index (χ2n) is 7.03. The van der Waals surface area contributed by atoms with E-state index in [1.54, 1.807) is 6.08 Å². The van der Waals surface area contributed by atoms with Crippen LogP contribution in [0.1, 0.15) is 32.3 Å². The fourth-order valence-corrected chi connectivity index (χ4v) is 3.61. The Kier molecular flexibility index (Phi) is 4.93. The second-order valence-corrected chi connectivity index (χ2v) is 7.03. The molecule has 140 valence electrons. The van der Waals surface area contributed by atoms with Gasteiger partial charge in [0.1, 0.15) is 5.78 Å². The first-order valence-corrected chi connectivity index (χ1v) is 8.53. The number of fused-ring (bicyclic) bond motifs is 1. The van der Waals surface area contributed by atoms with Gasteiger partial charge >= 0.3 is 6.61 Å². The van der Waals surface area contributed by atoms with Crippen LogP contribution in [-0.4, -0.2) is 29.1 Å². The first-order valence-electron chi connectivity index (χ1n) is 8.53. The van der Waals surface area contributed by atoms with Crippen molar-refractivity contribution in [2.24, 2.45) is 28.5 Å². The van der Waals surface area contributed by atoms with Gasteiger partial charge in [0, 0.05) is 48.0 Å². The summed E-state index contributed by atoms with van der Waals surface area (Å²) < 4.78 is 29.3. The van der Waals surface area contributed by atoms with E-state index in [2.05, 4.69) is 14.7 Å². The number of pyridine rings is 1. The van der Waals surface area contributed by atoms with Gasteiger partial charge in [0.2, 0.25) is 0 Å². The highest BCUT2D eigenvalue weighted by molar-refractivity contribution is 6.05. The molecule has 0 aliphatic heterocycles. The number of nitrogen functional groups attached to an aromatic ring is 1. The Morgan fingerprint density at radius 3 is 2.62 bits per heavy atom. The van der Waals surface area contributed by atoms with Crippen LogP contribution in [-0.2, 0) is 4.79 Å². The van der Waals surface area contributed by atoms with Crippen LogP contribution >= 0.6 is 0 Å². The van der Waals surface area contributed by atoms with Gasteiger partial charge in [-0.1, -0.05) is 0 Å². The Morgan fingerprint density at radius 1 is 1.38 bits per heavy atom. The normalized spacial score (nSPS) is 25.8. The molecule has 2 fully saturated rings. The van der Waals surface area contributed by atoms with Crippen LogP contribution in [0.3, 0.4) is 0 Å². The van der Waals surface area contributed by atoms with Crippen molar-refractivity contribution in [1.29, 1.82) is 0 Å². The standard InChI is InChI=1S/C18H22F2N4O2/c1-8(2)24-14(16-11-4-10(25)5-12(11)16)6-13(21)9-3-15(26-18(19)20)17(22)23-7-9/h3,6-8,11-12,16,18H,4-5,21H2,1-2H3,(H2,22,23). The molecule has 0 spiro atoms. The Hall–Kier alpha value is -2.51. The predicted octanol–water partition coefficient (Wildman–Crippen LogP) is 2.64. The minimum Gasteiger partial charge on any atom is -0.431 e. The summed E-state index contributed by atoms with van der Waals surface area (Å²) in [5, 5.41) is 0. The summed E-state index contributed by atoms with van der Waals surface area (Å²) in [7, 11) is 0. The van der Waals surface area contributed by atoms with Gasteiger partial charge in [-0.05, 0) is 37.8 Å². The number of ketones is 1. The molecule has 4 N–H and O–H groups in total. The summed E-state index contributed by atoms with van der Waals surface area (Å²) in [4.78, 5) is 20.0. The zero-order chi connectivity index (χ0) is 19.0. The van der Waals surface area contributed by atoms with Crippen LogP contribution in [0.2, 0.25) is 0 Å². The van der Waals surface area contributed by atoms with Crippen molar-refractivity contribution in [1.82, 2.24) is 4.98 Å². The largest absolute Gasteiger partial charge is 0.431 e. The van der Waals surface area contributed by atoms with Gasteiger partial charge in [0.15, 0.2) is 11.6 Å². The van der Waals surface area contributed by atoms with E-state index in [1.807, 2.05) is 13.8 Å². The van der Waals surface area contributed by atoms with E-state index in [9.17, 15) is 13.6 Å². The van der Waals surface area contributed by atoms with Crippen molar-refractivity contribution in [3.8, 4) is 5.75 Å². The molecule has 2 saturated carbocycles. The first-order chi connectivity index (χ1) is 12.3. The maximum absolute atomic E-state index is 12.5. The average molecular weight is 364 g/mol. The van der Waals surface area contributed by atoms with E-state index in [4.69, 9.17) is 11.5 Å². The summed E-state index contributed by atoms with van der Waals surface area (Å²) in [5.41, 5.74) is 13.3. The number of nitrogens with zero attached hydrogens (tertiary/aromatic N) is 2. The Bertz CT molecular complexity index is 762. The average Bonchev–Trinajstić information content (AvgIpc) is 3.04. The highest BCUT2D eigenvalue weighted by atomic mass is 19.3. The van der Waals surface area contributed by atoms with E-state index < -0.39 is 6.61 Å². The van der Waals surface area contributed by atoms with Crippen molar-refractivity contribution in [2.45, 2.75) is 39.3 Å². The molecule has 0 saturated heterocycles. The van der Waals surface area contributed by atoms with Crippen molar-refractivity contribution in [3.63, 3.8) is 0 Å². The third kappa shape index (κ3) is 3.84. The number of carbonyl (C=O) groups is 1. The van der Waals surface area contributed by atoms with Gasteiger partial charge in [-0.2, -0.15) is 8.78 Å². The van der Waals surface area contributed by atoms with E-state index >= 15 is 0 Å². The quantitative estimate of drug-likeness (QED) is 0.755. The highest BCUT2D eigenvalue weighted by Gasteiger charge is 2.57. The van der Waals surface area contributed by atoms with Gasteiger partial charge in [-0.15, -0.1) is 0 Å². The van der Waals surface area contributed by atoms with E-state index in [1.165, 1.54) is 12.3 Å². The van der Waals surface area contributed by atoms with Gasteiger partial charge in [-0.3, -0.25) is 9.79 Å². The third-order valence-electron chi connectivity index (χ3n) is 4.74. The van der Waals surface area contributed by atoms with Crippen LogP contribution in [0, 0.1) is 17.8 Å². The second kappa shape index (κ2) is 7.01. The van der Waals surface area contributed by atoms with E-state index in [-0.39, 0.29) is 23.5 Å². The summed E-state index contributed by atoms with van der Waals surface area (Å²) in [6.07, 6.45) is 4.34. The lowest BCUT2D eigenvalue weighted by molar-refractivity contribution is -0.118. The summed E-state index contributed by atoms with van der Waals surface area (Å²) in [5.74, 6) is 0.858. The summed E-state index contributed by atoms with van der Waals surface area (Å²) >= 11 is 0. The maximum Gasteiger partial charge on any atom is 0.387 e. The zero-order valence-corrected chi connectivity index (χ0v) is 14.7. The number of allylic oxidation sites excluding steroid dienone is 1. The molecule has 26 heavy (non-hydrogen) atoms. The minimum absolute atomic E-state index is 0.0772. The van der Waals surface area contributed by atoms with E-state index in [0.29, 0.717) is 41.7 Å². The predicted molar refractivity (Wildman–Crippen MR) is 94.7 cm³/mol. The molecule has 0 bridgehead atoms. The first kappa shape index (κ1) is 18.3. The Labute approximate surface area is 150 Å². The molecule has 0 radical (unpaired) electrons. The van der Waals surface area contributed by atoms with Crippen molar-refractivity contribution >= 4 is 23.0 Å². The minimum atomic E-state index is -3.00. The number of aromatic nitrogens is 1. The number of carbonyl (C=O) groups excluding carboxylic acids is 1. The molecule has 2 atom stereocenters. The molecule has 6 nitrogen and oxygen atoms in total. The van der Waals surface area contributed by atoms with Gasteiger partial charge in [0.05, 0.1) is 0 Å². The number of rotatable bonds is 6. The summed E-state index contributed by atoms with van der Waals surface area (Å²) in [6, 6.07) is 1.42. The Balaban J connectivity index is 1.85. The van der Waals surface area contributed by atoms with Crippen molar-refractivity contribution < 1.29 is 18.3 Å². The molecular weight excluding hydrogens is 342 g/mol. The fraction of sp³-hybridized carbons (Fsp3) is 0.500. The molecule has 1 aromatic rings. The number of aliphatic imine (C=N–C) groups is 1. The maximum atomic E-state index is 12.5. The smallest absolute Gasteiger partial charge is 0.387 e. The number of alkyl halides is 2. The van der Waals surface area contributed by atoms with Gasteiger partial charge in [-0.25, -0.2) is 4.98 Å². The molecule has 1 aromatic heterocycles. The van der Waals surface area contributed by atoms with Crippen LogP contribution in [0.15, 0.2) is 23.3 Å². The number of ether oxygens (including phenoxy) is 1. The van der Waals surface area contributed by atoms with Gasteiger partial charge in [0.25, 0.3) is 0 Å².